The number of nitrogens with zero attached hydrogens (tertiary/aromatic N) is 1. The van der Waals surface area contributed by atoms with Gasteiger partial charge in [0.1, 0.15) is 17.3 Å². The average Bonchev–Trinajstić information content (AvgIpc) is 3.14. The molecule has 1 aliphatic heterocycles. The van der Waals surface area contributed by atoms with Crippen molar-refractivity contribution in [3.8, 4) is 5.75 Å². The number of carbonyl (C=O) groups excluding carboxylic acids is 1. The average molecular weight is 366 g/mol. The summed E-state index contributed by atoms with van der Waals surface area (Å²) in [6, 6.07) is 14.7. The van der Waals surface area contributed by atoms with Crippen molar-refractivity contribution in [1.29, 1.82) is 0 Å². The Morgan fingerprint density at radius 3 is 2.59 bits per heavy atom. The quantitative estimate of drug-likeness (QED) is 0.743. The molecule has 2 heterocycles. The van der Waals surface area contributed by atoms with E-state index in [1.165, 1.54) is 11.6 Å². The van der Waals surface area contributed by atoms with Crippen LogP contribution in [0.3, 0.4) is 0 Å². The van der Waals surface area contributed by atoms with Crippen LogP contribution < -0.4 is 4.74 Å². The number of ether oxygens (including phenoxy) is 1. The van der Waals surface area contributed by atoms with Crippen LogP contribution in [-0.4, -0.2) is 36.0 Å². The number of carbonyl (C=O) groups is 1. The summed E-state index contributed by atoms with van der Waals surface area (Å²) in [4.78, 5) is 17.7. The zero-order valence-corrected chi connectivity index (χ0v) is 15.4. The molecule has 3 aromatic rings. The predicted octanol–water partition coefficient (Wildman–Crippen LogP) is 4.41. The van der Waals surface area contributed by atoms with Gasteiger partial charge >= 0.3 is 0 Å². The van der Waals surface area contributed by atoms with Crippen LogP contribution in [0.5, 0.6) is 5.75 Å². The zero-order chi connectivity index (χ0) is 18.8. The maximum Gasteiger partial charge on any atom is 0.270 e. The van der Waals surface area contributed by atoms with E-state index in [1.54, 1.807) is 25.3 Å². The Labute approximate surface area is 157 Å². The first kappa shape index (κ1) is 17.6. The number of benzene rings is 2. The monoisotopic (exact) mass is 366 g/mol. The Morgan fingerprint density at radius 2 is 1.93 bits per heavy atom. The lowest BCUT2D eigenvalue weighted by atomic mass is 9.90. The fourth-order valence-corrected chi connectivity index (χ4v) is 3.84. The standard InChI is InChI=1S/C22H23FN2O2/c1-27-17-7-5-15(6-8-17)13-16-9-11-25(12-10-16)22(26)21-14-18-19(23)3-2-4-20(18)24-21/h2-8,14,16,24H,9-13H2,1H3. The number of rotatable bonds is 4. The van der Waals surface area contributed by atoms with E-state index in [2.05, 4.69) is 17.1 Å². The van der Waals surface area contributed by atoms with Gasteiger partial charge in [-0.1, -0.05) is 18.2 Å². The first-order valence-electron chi connectivity index (χ1n) is 9.33. The predicted molar refractivity (Wildman–Crippen MR) is 104 cm³/mol. The van der Waals surface area contributed by atoms with Crippen LogP contribution in [-0.2, 0) is 6.42 Å². The van der Waals surface area contributed by atoms with Crippen LogP contribution in [0.25, 0.3) is 10.9 Å². The Kier molecular flexibility index (Phi) is 4.84. The summed E-state index contributed by atoms with van der Waals surface area (Å²) in [6.45, 7) is 1.47. The van der Waals surface area contributed by atoms with Gasteiger partial charge in [-0.2, -0.15) is 0 Å². The highest BCUT2D eigenvalue weighted by Crippen LogP contribution is 2.25. The molecule has 2 aromatic carbocycles. The van der Waals surface area contributed by atoms with E-state index in [0.29, 0.717) is 22.5 Å². The molecule has 27 heavy (non-hydrogen) atoms. The van der Waals surface area contributed by atoms with E-state index in [4.69, 9.17) is 4.74 Å². The van der Waals surface area contributed by atoms with E-state index in [0.717, 1.165) is 38.1 Å². The number of aromatic amines is 1. The van der Waals surface area contributed by atoms with Gasteiger partial charge in [-0.25, -0.2) is 4.39 Å². The van der Waals surface area contributed by atoms with Crippen LogP contribution in [0.2, 0.25) is 0 Å². The lowest BCUT2D eigenvalue weighted by Gasteiger charge is -2.31. The second-order valence-corrected chi connectivity index (χ2v) is 7.17. The van der Waals surface area contributed by atoms with Crippen LogP contribution in [0, 0.1) is 11.7 Å². The highest BCUT2D eigenvalue weighted by atomic mass is 19.1. The number of hydrogen-bond acceptors (Lipinski definition) is 2. The number of aromatic nitrogens is 1. The number of methoxy groups -OCH3 is 1. The molecule has 0 saturated carbocycles. The molecule has 0 aliphatic carbocycles. The molecule has 0 spiro atoms. The Morgan fingerprint density at radius 1 is 1.19 bits per heavy atom. The number of piperidine rings is 1. The van der Waals surface area contributed by atoms with Crippen LogP contribution >= 0.6 is 0 Å². The largest absolute Gasteiger partial charge is 0.497 e. The zero-order valence-electron chi connectivity index (χ0n) is 15.4. The summed E-state index contributed by atoms with van der Waals surface area (Å²) in [5, 5.41) is 0.468. The maximum absolute atomic E-state index is 13.9. The summed E-state index contributed by atoms with van der Waals surface area (Å²) in [7, 11) is 1.67. The molecule has 1 aromatic heterocycles. The van der Waals surface area contributed by atoms with Crippen molar-refractivity contribution in [2.45, 2.75) is 19.3 Å². The smallest absolute Gasteiger partial charge is 0.270 e. The maximum atomic E-state index is 13.9. The number of nitrogens with one attached hydrogen (secondary N) is 1. The second kappa shape index (κ2) is 7.43. The molecule has 0 atom stereocenters. The van der Waals surface area contributed by atoms with E-state index >= 15 is 0 Å². The molecule has 1 aliphatic rings. The van der Waals surface area contributed by atoms with Crippen LogP contribution in [0.4, 0.5) is 4.39 Å². The molecular formula is C22H23FN2O2. The second-order valence-electron chi connectivity index (χ2n) is 7.17. The number of amides is 1. The van der Waals surface area contributed by atoms with Crippen molar-refractivity contribution >= 4 is 16.8 Å². The molecule has 0 bridgehead atoms. The number of hydrogen-bond donors (Lipinski definition) is 1. The number of fused-ring (bicyclic) bond motifs is 1. The van der Waals surface area contributed by atoms with Gasteiger partial charge in [-0.3, -0.25) is 4.79 Å². The minimum atomic E-state index is -0.305. The van der Waals surface area contributed by atoms with Gasteiger partial charge in [0.25, 0.3) is 5.91 Å². The minimum Gasteiger partial charge on any atom is -0.497 e. The normalized spacial score (nSPS) is 15.3. The van der Waals surface area contributed by atoms with Crippen molar-refractivity contribution in [3.63, 3.8) is 0 Å². The molecule has 0 unspecified atom stereocenters. The molecule has 140 valence electrons. The van der Waals surface area contributed by atoms with Crippen LogP contribution in [0.15, 0.2) is 48.5 Å². The summed E-state index contributed by atoms with van der Waals surface area (Å²) >= 11 is 0. The van der Waals surface area contributed by atoms with Crippen LogP contribution in [0.1, 0.15) is 28.9 Å². The summed E-state index contributed by atoms with van der Waals surface area (Å²) in [5.74, 6) is 1.09. The van der Waals surface area contributed by atoms with Crippen molar-refractivity contribution in [2.75, 3.05) is 20.2 Å². The highest BCUT2D eigenvalue weighted by Gasteiger charge is 2.25. The first-order chi connectivity index (χ1) is 13.1. The Balaban J connectivity index is 1.37. The summed E-state index contributed by atoms with van der Waals surface area (Å²) in [6.07, 6.45) is 2.97. The molecule has 1 amide bonds. The number of halogens is 1. The van der Waals surface area contributed by atoms with Crippen molar-refractivity contribution in [2.24, 2.45) is 5.92 Å². The Bertz CT molecular complexity index is 941. The van der Waals surface area contributed by atoms with Crippen molar-refractivity contribution < 1.29 is 13.9 Å². The SMILES string of the molecule is COc1ccc(CC2CCN(C(=O)c3cc4c(F)cccc4[nH]3)CC2)cc1. The fraction of sp³-hybridized carbons (Fsp3) is 0.318. The van der Waals surface area contributed by atoms with Gasteiger partial charge in [0, 0.05) is 24.0 Å². The topological polar surface area (TPSA) is 45.3 Å². The van der Waals surface area contributed by atoms with Crippen molar-refractivity contribution in [1.82, 2.24) is 9.88 Å². The molecule has 0 radical (unpaired) electrons. The minimum absolute atomic E-state index is 0.0477. The van der Waals surface area contributed by atoms with E-state index in [1.807, 2.05) is 17.0 Å². The molecule has 1 fully saturated rings. The first-order valence-corrected chi connectivity index (χ1v) is 9.33. The third-order valence-electron chi connectivity index (χ3n) is 5.43. The molecule has 1 saturated heterocycles. The van der Waals surface area contributed by atoms with E-state index in [-0.39, 0.29) is 11.7 Å². The highest BCUT2D eigenvalue weighted by molar-refractivity contribution is 5.98. The third kappa shape index (κ3) is 3.68. The summed E-state index contributed by atoms with van der Waals surface area (Å²) in [5.41, 5.74) is 2.42. The number of likely N-dealkylation sites (tertiary alicyclic amines) is 1. The van der Waals surface area contributed by atoms with Gasteiger partial charge in [0.2, 0.25) is 0 Å². The molecule has 1 N–H and O–H groups in total. The lowest BCUT2D eigenvalue weighted by Crippen LogP contribution is -2.39. The van der Waals surface area contributed by atoms with Crippen molar-refractivity contribution in [3.05, 3.63) is 65.6 Å². The van der Waals surface area contributed by atoms with Gasteiger partial charge < -0.3 is 14.6 Å². The number of H-pyrrole nitrogens is 1. The summed E-state index contributed by atoms with van der Waals surface area (Å²) < 4.78 is 19.1. The molecule has 4 rings (SSSR count). The third-order valence-corrected chi connectivity index (χ3v) is 5.43. The molecule has 4 nitrogen and oxygen atoms in total. The fourth-order valence-electron chi connectivity index (χ4n) is 3.84. The molecule has 5 heteroatoms. The van der Waals surface area contributed by atoms with Gasteiger partial charge in [-0.15, -0.1) is 0 Å². The van der Waals surface area contributed by atoms with E-state index in [9.17, 15) is 9.18 Å². The Hall–Kier alpha value is -2.82. The van der Waals surface area contributed by atoms with Gasteiger partial charge in [0.05, 0.1) is 7.11 Å². The lowest BCUT2D eigenvalue weighted by molar-refractivity contribution is 0.0685. The van der Waals surface area contributed by atoms with Gasteiger partial charge in [-0.05, 0) is 61.1 Å². The van der Waals surface area contributed by atoms with Gasteiger partial charge in [0.15, 0.2) is 0 Å². The molecular weight excluding hydrogens is 343 g/mol. The van der Waals surface area contributed by atoms with E-state index < -0.39 is 0 Å².